The molecule has 0 bridgehead atoms. The van der Waals surface area contributed by atoms with Crippen molar-refractivity contribution in [1.82, 2.24) is 4.98 Å². The molecule has 0 amide bonds. The SMILES string of the molecule is O=C(O)c1ccc(-c2ccc(Br)cc2)nc1Cl. The largest absolute Gasteiger partial charge is 0.478 e. The summed E-state index contributed by atoms with van der Waals surface area (Å²) in [6, 6.07) is 10.6. The van der Waals surface area contributed by atoms with Crippen LogP contribution in [0.5, 0.6) is 0 Å². The van der Waals surface area contributed by atoms with Crippen molar-refractivity contribution in [2.45, 2.75) is 0 Å². The van der Waals surface area contributed by atoms with Gasteiger partial charge in [0.2, 0.25) is 0 Å². The number of benzene rings is 1. The van der Waals surface area contributed by atoms with E-state index in [0.717, 1.165) is 10.0 Å². The molecular weight excluding hydrogens is 305 g/mol. The lowest BCUT2D eigenvalue weighted by atomic mass is 10.1. The monoisotopic (exact) mass is 311 g/mol. The first-order chi connectivity index (χ1) is 8.08. The summed E-state index contributed by atoms with van der Waals surface area (Å²) < 4.78 is 0.967. The average Bonchev–Trinajstić information content (AvgIpc) is 2.29. The topological polar surface area (TPSA) is 50.2 Å². The summed E-state index contributed by atoms with van der Waals surface area (Å²) in [5.41, 5.74) is 1.53. The average molecular weight is 313 g/mol. The molecule has 0 aliphatic heterocycles. The quantitative estimate of drug-likeness (QED) is 0.857. The fraction of sp³-hybridized carbons (Fsp3) is 0. The summed E-state index contributed by atoms with van der Waals surface area (Å²) in [4.78, 5) is 14.8. The first-order valence-electron chi connectivity index (χ1n) is 4.73. The van der Waals surface area contributed by atoms with Gasteiger partial charge in [0.25, 0.3) is 0 Å². The molecule has 0 fully saturated rings. The van der Waals surface area contributed by atoms with Crippen LogP contribution in [0.2, 0.25) is 5.15 Å². The van der Waals surface area contributed by atoms with E-state index in [0.29, 0.717) is 5.69 Å². The van der Waals surface area contributed by atoms with Crippen molar-refractivity contribution in [3.63, 3.8) is 0 Å². The van der Waals surface area contributed by atoms with Crippen LogP contribution in [0.3, 0.4) is 0 Å². The van der Waals surface area contributed by atoms with E-state index < -0.39 is 5.97 Å². The van der Waals surface area contributed by atoms with Crippen molar-refractivity contribution in [3.8, 4) is 11.3 Å². The number of halogens is 2. The number of aromatic carboxylic acids is 1. The Morgan fingerprint density at radius 2 is 1.82 bits per heavy atom. The Kier molecular flexibility index (Phi) is 3.45. The molecule has 1 N–H and O–H groups in total. The number of aromatic nitrogens is 1. The molecule has 0 saturated heterocycles. The molecule has 1 aromatic heterocycles. The molecule has 86 valence electrons. The first kappa shape index (κ1) is 12.1. The molecule has 0 atom stereocenters. The van der Waals surface area contributed by atoms with Crippen LogP contribution in [0.25, 0.3) is 11.3 Å². The summed E-state index contributed by atoms with van der Waals surface area (Å²) in [6.07, 6.45) is 0. The maximum Gasteiger partial charge on any atom is 0.338 e. The predicted molar refractivity (Wildman–Crippen MR) is 69.3 cm³/mol. The van der Waals surface area contributed by atoms with Gasteiger partial charge in [-0.05, 0) is 24.3 Å². The highest BCUT2D eigenvalue weighted by molar-refractivity contribution is 9.10. The maximum absolute atomic E-state index is 10.8. The van der Waals surface area contributed by atoms with Crippen molar-refractivity contribution in [2.24, 2.45) is 0 Å². The number of carboxylic acids is 1. The fourth-order valence-electron chi connectivity index (χ4n) is 1.38. The summed E-state index contributed by atoms with van der Waals surface area (Å²) in [7, 11) is 0. The van der Waals surface area contributed by atoms with Crippen molar-refractivity contribution in [3.05, 3.63) is 51.6 Å². The smallest absolute Gasteiger partial charge is 0.338 e. The Labute approximate surface area is 111 Å². The van der Waals surface area contributed by atoms with Crippen LogP contribution in [0, 0.1) is 0 Å². The van der Waals surface area contributed by atoms with Gasteiger partial charge < -0.3 is 5.11 Å². The van der Waals surface area contributed by atoms with Crippen LogP contribution in [-0.2, 0) is 0 Å². The maximum atomic E-state index is 10.8. The molecular formula is C12H7BrClNO2. The Morgan fingerprint density at radius 1 is 1.18 bits per heavy atom. The van der Waals surface area contributed by atoms with Crippen LogP contribution in [0.4, 0.5) is 0 Å². The number of pyridine rings is 1. The summed E-state index contributed by atoms with van der Waals surface area (Å²) in [5.74, 6) is -1.08. The van der Waals surface area contributed by atoms with Gasteiger partial charge in [-0.25, -0.2) is 9.78 Å². The molecule has 0 radical (unpaired) electrons. The van der Waals surface area contributed by atoms with E-state index >= 15 is 0 Å². The zero-order valence-electron chi connectivity index (χ0n) is 8.52. The van der Waals surface area contributed by atoms with E-state index in [1.807, 2.05) is 24.3 Å². The molecule has 2 rings (SSSR count). The predicted octanol–water partition coefficient (Wildman–Crippen LogP) is 3.86. The van der Waals surface area contributed by atoms with E-state index in [-0.39, 0.29) is 10.7 Å². The Morgan fingerprint density at radius 3 is 2.35 bits per heavy atom. The lowest BCUT2D eigenvalue weighted by Crippen LogP contribution is -1.99. The minimum atomic E-state index is -1.08. The number of hydrogen-bond acceptors (Lipinski definition) is 2. The third-order valence-electron chi connectivity index (χ3n) is 2.22. The van der Waals surface area contributed by atoms with Gasteiger partial charge in [0.15, 0.2) is 0 Å². The second kappa shape index (κ2) is 4.85. The van der Waals surface area contributed by atoms with Crippen LogP contribution in [-0.4, -0.2) is 16.1 Å². The van der Waals surface area contributed by atoms with Crippen LogP contribution >= 0.6 is 27.5 Å². The van der Waals surface area contributed by atoms with Crippen LogP contribution in [0.15, 0.2) is 40.9 Å². The molecule has 0 aliphatic carbocycles. The number of carboxylic acid groups (broad SMARTS) is 1. The Hall–Kier alpha value is -1.39. The third-order valence-corrected chi connectivity index (χ3v) is 3.04. The molecule has 0 aliphatic rings. The van der Waals surface area contributed by atoms with E-state index in [2.05, 4.69) is 20.9 Å². The lowest BCUT2D eigenvalue weighted by Gasteiger charge is -2.03. The summed E-state index contributed by atoms with van der Waals surface area (Å²) >= 11 is 9.14. The van der Waals surface area contributed by atoms with Crippen LogP contribution < -0.4 is 0 Å². The highest BCUT2D eigenvalue weighted by Gasteiger charge is 2.10. The zero-order chi connectivity index (χ0) is 12.4. The van der Waals surface area contributed by atoms with Gasteiger partial charge in [0.1, 0.15) is 5.15 Å². The standard InChI is InChI=1S/C12H7BrClNO2/c13-8-3-1-7(2-4-8)10-6-5-9(12(16)17)11(14)15-10/h1-6H,(H,16,17). The fourth-order valence-corrected chi connectivity index (χ4v) is 1.87. The normalized spacial score (nSPS) is 10.2. The highest BCUT2D eigenvalue weighted by Crippen LogP contribution is 2.23. The Bertz CT molecular complexity index is 569. The summed E-state index contributed by atoms with van der Waals surface area (Å²) in [5, 5.41) is 8.83. The van der Waals surface area contributed by atoms with Crippen molar-refractivity contribution in [2.75, 3.05) is 0 Å². The second-order valence-electron chi connectivity index (χ2n) is 3.35. The number of nitrogens with zero attached hydrogens (tertiary/aromatic N) is 1. The van der Waals surface area contributed by atoms with Crippen molar-refractivity contribution >= 4 is 33.5 Å². The first-order valence-corrected chi connectivity index (χ1v) is 5.91. The van der Waals surface area contributed by atoms with Crippen molar-refractivity contribution < 1.29 is 9.90 Å². The van der Waals surface area contributed by atoms with Gasteiger partial charge in [0, 0.05) is 10.0 Å². The molecule has 1 heterocycles. The number of rotatable bonds is 2. The molecule has 17 heavy (non-hydrogen) atoms. The van der Waals surface area contributed by atoms with Gasteiger partial charge in [-0.1, -0.05) is 39.7 Å². The minimum absolute atomic E-state index is 0.00193. The third kappa shape index (κ3) is 2.65. The molecule has 2 aromatic rings. The highest BCUT2D eigenvalue weighted by atomic mass is 79.9. The zero-order valence-corrected chi connectivity index (χ0v) is 10.9. The molecule has 0 spiro atoms. The Balaban J connectivity index is 2.44. The summed E-state index contributed by atoms with van der Waals surface area (Å²) in [6.45, 7) is 0. The van der Waals surface area contributed by atoms with Crippen LogP contribution in [0.1, 0.15) is 10.4 Å². The van der Waals surface area contributed by atoms with E-state index in [1.54, 1.807) is 6.07 Å². The van der Waals surface area contributed by atoms with Gasteiger partial charge in [-0.3, -0.25) is 0 Å². The molecule has 0 unspecified atom stereocenters. The van der Waals surface area contributed by atoms with Gasteiger partial charge in [-0.15, -0.1) is 0 Å². The number of carbonyl (C=O) groups is 1. The molecule has 0 saturated carbocycles. The van der Waals surface area contributed by atoms with E-state index in [9.17, 15) is 4.79 Å². The van der Waals surface area contributed by atoms with E-state index in [4.69, 9.17) is 16.7 Å². The van der Waals surface area contributed by atoms with Gasteiger partial charge in [0.05, 0.1) is 11.3 Å². The second-order valence-corrected chi connectivity index (χ2v) is 4.62. The van der Waals surface area contributed by atoms with Gasteiger partial charge >= 0.3 is 5.97 Å². The number of hydrogen-bond donors (Lipinski definition) is 1. The molecule has 1 aromatic carbocycles. The molecule has 5 heteroatoms. The molecule has 3 nitrogen and oxygen atoms in total. The van der Waals surface area contributed by atoms with Gasteiger partial charge in [-0.2, -0.15) is 0 Å². The van der Waals surface area contributed by atoms with E-state index in [1.165, 1.54) is 6.07 Å². The lowest BCUT2D eigenvalue weighted by molar-refractivity contribution is 0.0696. The van der Waals surface area contributed by atoms with Crippen molar-refractivity contribution in [1.29, 1.82) is 0 Å². The minimum Gasteiger partial charge on any atom is -0.478 e.